The molecule has 18 heavy (non-hydrogen) atoms. The molecule has 0 amide bonds. The SMILES string of the molecule is CC(C)CCCn1ccc2c1CC(C)(C)CC2=O. The predicted octanol–water partition coefficient (Wildman–Crippen LogP) is 4.08. The molecule has 1 aliphatic rings. The Morgan fingerprint density at radius 3 is 2.72 bits per heavy atom. The summed E-state index contributed by atoms with van der Waals surface area (Å²) in [4.78, 5) is 12.1. The van der Waals surface area contributed by atoms with Crippen LogP contribution in [0, 0.1) is 11.3 Å². The minimum Gasteiger partial charge on any atom is -0.351 e. The average Bonchev–Trinajstić information content (AvgIpc) is 2.59. The van der Waals surface area contributed by atoms with Crippen molar-refractivity contribution in [2.75, 3.05) is 0 Å². The lowest BCUT2D eigenvalue weighted by Gasteiger charge is -2.29. The topological polar surface area (TPSA) is 22.0 Å². The van der Waals surface area contributed by atoms with Crippen LogP contribution in [0.4, 0.5) is 0 Å². The Balaban J connectivity index is 2.13. The fourth-order valence-corrected chi connectivity index (χ4v) is 2.88. The van der Waals surface area contributed by atoms with Crippen molar-refractivity contribution in [1.29, 1.82) is 0 Å². The fourth-order valence-electron chi connectivity index (χ4n) is 2.88. The van der Waals surface area contributed by atoms with E-state index in [1.807, 2.05) is 6.07 Å². The zero-order chi connectivity index (χ0) is 13.3. The van der Waals surface area contributed by atoms with E-state index in [1.54, 1.807) is 0 Å². The lowest BCUT2D eigenvalue weighted by atomic mass is 9.76. The molecule has 0 aliphatic heterocycles. The van der Waals surface area contributed by atoms with E-state index >= 15 is 0 Å². The van der Waals surface area contributed by atoms with E-state index in [1.165, 1.54) is 18.5 Å². The Morgan fingerprint density at radius 2 is 2.06 bits per heavy atom. The van der Waals surface area contributed by atoms with Crippen molar-refractivity contribution in [3.63, 3.8) is 0 Å². The van der Waals surface area contributed by atoms with Crippen molar-refractivity contribution in [2.24, 2.45) is 11.3 Å². The van der Waals surface area contributed by atoms with Crippen LogP contribution in [-0.4, -0.2) is 10.4 Å². The second-order valence-electron chi connectivity index (χ2n) is 6.85. The summed E-state index contributed by atoms with van der Waals surface area (Å²) in [5, 5.41) is 0. The van der Waals surface area contributed by atoms with Gasteiger partial charge in [-0.3, -0.25) is 4.79 Å². The quantitative estimate of drug-likeness (QED) is 0.785. The summed E-state index contributed by atoms with van der Waals surface area (Å²) in [6.07, 6.45) is 6.28. The largest absolute Gasteiger partial charge is 0.351 e. The molecule has 1 heterocycles. The van der Waals surface area contributed by atoms with Gasteiger partial charge in [-0.2, -0.15) is 0 Å². The van der Waals surface area contributed by atoms with Gasteiger partial charge in [0.05, 0.1) is 0 Å². The number of aryl methyl sites for hydroxylation is 1. The van der Waals surface area contributed by atoms with Crippen LogP contribution in [0.5, 0.6) is 0 Å². The van der Waals surface area contributed by atoms with Crippen molar-refractivity contribution < 1.29 is 4.79 Å². The van der Waals surface area contributed by atoms with Crippen LogP contribution in [0.1, 0.15) is 63.0 Å². The lowest BCUT2D eigenvalue weighted by Crippen LogP contribution is -2.28. The van der Waals surface area contributed by atoms with Crippen molar-refractivity contribution in [3.8, 4) is 0 Å². The predicted molar refractivity (Wildman–Crippen MR) is 74.9 cm³/mol. The molecule has 1 aliphatic carbocycles. The minimum absolute atomic E-state index is 0.123. The number of fused-ring (bicyclic) bond motifs is 1. The molecule has 0 aromatic carbocycles. The van der Waals surface area contributed by atoms with Gasteiger partial charge in [-0.25, -0.2) is 0 Å². The van der Waals surface area contributed by atoms with Gasteiger partial charge in [0.15, 0.2) is 5.78 Å². The fraction of sp³-hybridized carbons (Fsp3) is 0.688. The second kappa shape index (κ2) is 4.91. The second-order valence-corrected chi connectivity index (χ2v) is 6.85. The number of ketones is 1. The summed E-state index contributed by atoms with van der Waals surface area (Å²) in [5.74, 6) is 1.08. The van der Waals surface area contributed by atoms with Gasteiger partial charge in [-0.1, -0.05) is 27.7 Å². The molecular weight excluding hydrogens is 222 g/mol. The first kappa shape index (κ1) is 13.4. The number of hydrogen-bond acceptors (Lipinski definition) is 1. The van der Waals surface area contributed by atoms with E-state index in [-0.39, 0.29) is 5.41 Å². The average molecular weight is 247 g/mol. The lowest BCUT2D eigenvalue weighted by molar-refractivity contribution is 0.0910. The summed E-state index contributed by atoms with van der Waals surface area (Å²) in [5.41, 5.74) is 2.36. The molecule has 0 fully saturated rings. The van der Waals surface area contributed by atoms with Crippen molar-refractivity contribution in [2.45, 2.75) is 59.9 Å². The van der Waals surface area contributed by atoms with Crippen LogP contribution in [-0.2, 0) is 13.0 Å². The smallest absolute Gasteiger partial charge is 0.165 e. The molecule has 0 saturated heterocycles. The van der Waals surface area contributed by atoms with Gasteiger partial charge in [-0.05, 0) is 36.7 Å². The Kier molecular flexibility index (Phi) is 3.65. The first-order valence-electron chi connectivity index (χ1n) is 7.10. The maximum absolute atomic E-state index is 12.1. The standard InChI is InChI=1S/C16H25NO/c1-12(2)6-5-8-17-9-7-13-14(17)10-16(3,4)11-15(13)18/h7,9,12H,5-6,8,10-11H2,1-4H3. The van der Waals surface area contributed by atoms with Crippen LogP contribution in [0.25, 0.3) is 0 Å². The summed E-state index contributed by atoms with van der Waals surface area (Å²) in [6.45, 7) is 9.96. The highest BCUT2D eigenvalue weighted by molar-refractivity contribution is 5.98. The van der Waals surface area contributed by atoms with Crippen LogP contribution in [0.2, 0.25) is 0 Å². The Labute approximate surface area is 110 Å². The van der Waals surface area contributed by atoms with Crippen molar-refractivity contribution in [1.82, 2.24) is 4.57 Å². The molecule has 100 valence electrons. The van der Waals surface area contributed by atoms with Gasteiger partial charge >= 0.3 is 0 Å². The Bertz CT molecular complexity index is 440. The van der Waals surface area contributed by atoms with E-state index in [4.69, 9.17) is 0 Å². The first-order valence-corrected chi connectivity index (χ1v) is 7.10. The van der Waals surface area contributed by atoms with Crippen molar-refractivity contribution in [3.05, 3.63) is 23.5 Å². The molecular formula is C16H25NO. The number of hydrogen-bond donors (Lipinski definition) is 0. The van der Waals surface area contributed by atoms with Crippen LogP contribution in [0.15, 0.2) is 12.3 Å². The Hall–Kier alpha value is -1.05. The molecule has 0 unspecified atom stereocenters. The first-order chi connectivity index (χ1) is 8.39. The normalized spacial score (nSPS) is 18.2. The van der Waals surface area contributed by atoms with Gasteiger partial charge in [0.1, 0.15) is 0 Å². The maximum Gasteiger partial charge on any atom is 0.165 e. The van der Waals surface area contributed by atoms with Crippen LogP contribution < -0.4 is 0 Å². The van der Waals surface area contributed by atoms with Crippen LogP contribution >= 0.6 is 0 Å². The highest BCUT2D eigenvalue weighted by atomic mass is 16.1. The highest BCUT2D eigenvalue weighted by Crippen LogP contribution is 2.35. The molecule has 0 saturated carbocycles. The van der Waals surface area contributed by atoms with Gasteiger partial charge in [0, 0.05) is 30.4 Å². The van der Waals surface area contributed by atoms with Crippen molar-refractivity contribution >= 4 is 5.78 Å². The maximum atomic E-state index is 12.1. The summed E-state index contributed by atoms with van der Waals surface area (Å²) >= 11 is 0. The molecule has 0 N–H and O–H groups in total. The van der Waals surface area contributed by atoms with Gasteiger partial charge < -0.3 is 4.57 Å². The molecule has 0 radical (unpaired) electrons. The van der Waals surface area contributed by atoms with E-state index in [9.17, 15) is 4.79 Å². The van der Waals surface area contributed by atoms with E-state index in [0.29, 0.717) is 12.2 Å². The molecule has 1 aromatic rings. The number of carbonyl (C=O) groups excluding carboxylic acids is 1. The highest BCUT2D eigenvalue weighted by Gasteiger charge is 2.32. The van der Waals surface area contributed by atoms with E-state index < -0.39 is 0 Å². The monoisotopic (exact) mass is 247 g/mol. The third-order valence-corrected chi connectivity index (χ3v) is 3.84. The number of Topliss-reactive ketones (excluding diaryl/α,β-unsaturated/α-hetero) is 1. The van der Waals surface area contributed by atoms with Gasteiger partial charge in [0.2, 0.25) is 0 Å². The van der Waals surface area contributed by atoms with E-state index in [0.717, 1.165) is 24.4 Å². The zero-order valence-corrected chi connectivity index (χ0v) is 12.1. The molecule has 0 atom stereocenters. The number of rotatable bonds is 4. The number of aromatic nitrogens is 1. The minimum atomic E-state index is 0.123. The van der Waals surface area contributed by atoms with Crippen LogP contribution in [0.3, 0.4) is 0 Å². The molecule has 0 bridgehead atoms. The molecule has 2 nitrogen and oxygen atoms in total. The zero-order valence-electron chi connectivity index (χ0n) is 12.1. The number of nitrogens with zero attached hydrogens (tertiary/aromatic N) is 1. The van der Waals surface area contributed by atoms with Gasteiger partial charge in [-0.15, -0.1) is 0 Å². The Morgan fingerprint density at radius 1 is 1.33 bits per heavy atom. The number of carbonyl (C=O) groups is 1. The summed E-state index contributed by atoms with van der Waals surface area (Å²) in [7, 11) is 0. The molecule has 2 rings (SSSR count). The summed E-state index contributed by atoms with van der Waals surface area (Å²) in [6, 6.07) is 2.02. The summed E-state index contributed by atoms with van der Waals surface area (Å²) < 4.78 is 2.30. The molecule has 0 spiro atoms. The third-order valence-electron chi connectivity index (χ3n) is 3.84. The van der Waals surface area contributed by atoms with Gasteiger partial charge in [0.25, 0.3) is 0 Å². The third kappa shape index (κ3) is 2.85. The molecule has 2 heteroatoms. The van der Waals surface area contributed by atoms with E-state index in [2.05, 4.69) is 38.5 Å². The molecule has 1 aromatic heterocycles.